The second-order valence-electron chi connectivity index (χ2n) is 10.8. The third-order valence-electron chi connectivity index (χ3n) is 5.68. The molecule has 1 rings (SSSR count). The first-order valence-electron chi connectivity index (χ1n) is 9.09. The van der Waals surface area contributed by atoms with Gasteiger partial charge in [0.1, 0.15) is 0 Å². The molecule has 0 spiro atoms. The summed E-state index contributed by atoms with van der Waals surface area (Å²) in [6.45, 7) is 26.2. The van der Waals surface area contributed by atoms with Crippen LogP contribution in [0.5, 0.6) is 0 Å². The monoisotopic (exact) mass is 349 g/mol. The van der Waals surface area contributed by atoms with E-state index in [2.05, 4.69) is 93.0 Å². The molecule has 0 aliphatic rings. The molecule has 2 nitrogen and oxygen atoms in total. The van der Waals surface area contributed by atoms with Gasteiger partial charge in [0.2, 0.25) is 0 Å². The van der Waals surface area contributed by atoms with Gasteiger partial charge in [-0.1, -0.05) is 92.7 Å². The van der Waals surface area contributed by atoms with Gasteiger partial charge in [0.15, 0.2) is 0 Å². The van der Waals surface area contributed by atoms with Gasteiger partial charge in [0.05, 0.1) is 8.07 Å². The van der Waals surface area contributed by atoms with E-state index in [-0.39, 0.29) is 15.9 Å². The van der Waals surface area contributed by atoms with Crippen LogP contribution in [0.1, 0.15) is 79.0 Å². The van der Waals surface area contributed by atoms with Gasteiger partial charge >= 0.3 is 0 Å². The summed E-state index contributed by atoms with van der Waals surface area (Å²) in [7, 11) is -1.71. The maximum absolute atomic E-state index is 9.40. The molecule has 0 amide bonds. The zero-order chi connectivity index (χ0) is 19.1. The van der Waals surface area contributed by atoms with Crippen molar-refractivity contribution in [3.8, 4) is 0 Å². The maximum Gasteiger partial charge on any atom is 0.0863 e. The molecule has 1 aromatic carbocycles. The minimum Gasteiger partial charge on any atom is -0.316 e. The molecule has 3 heteroatoms. The van der Waals surface area contributed by atoms with E-state index in [4.69, 9.17) is 0 Å². The fraction of sp³-hybridized carbons (Fsp3) is 0.714. The topological polar surface area (TPSA) is 32.3 Å². The number of nitrogens with one attached hydrogen (secondary N) is 1. The molecule has 0 unspecified atom stereocenters. The van der Waals surface area contributed by atoms with Crippen molar-refractivity contribution < 1.29 is 5.21 Å². The third kappa shape index (κ3) is 4.30. The predicted molar refractivity (Wildman–Crippen MR) is 109 cm³/mol. The molecule has 0 heterocycles. The van der Waals surface area contributed by atoms with Gasteiger partial charge in [-0.15, -0.1) is 0 Å². The van der Waals surface area contributed by atoms with Crippen LogP contribution in [0.15, 0.2) is 12.1 Å². The van der Waals surface area contributed by atoms with E-state index in [1.54, 1.807) is 0 Å². The second-order valence-corrected chi connectivity index (χ2v) is 16.1. The molecule has 0 saturated heterocycles. The van der Waals surface area contributed by atoms with Crippen molar-refractivity contribution in [2.75, 3.05) is 0 Å². The summed E-state index contributed by atoms with van der Waals surface area (Å²) in [5.74, 6) is 0. The van der Waals surface area contributed by atoms with Crippen LogP contribution < -0.4 is 10.7 Å². The zero-order valence-corrected chi connectivity index (χ0v) is 18.8. The van der Waals surface area contributed by atoms with Gasteiger partial charge in [-0.05, 0) is 32.6 Å². The van der Waals surface area contributed by atoms with Gasteiger partial charge in [-0.25, -0.2) is 5.48 Å². The van der Waals surface area contributed by atoms with Crippen molar-refractivity contribution in [1.82, 2.24) is 5.48 Å². The van der Waals surface area contributed by atoms with Crippen molar-refractivity contribution >= 4 is 13.3 Å². The minimum atomic E-state index is -1.71. The minimum absolute atomic E-state index is 0.0821. The highest BCUT2D eigenvalue weighted by Crippen LogP contribution is 2.39. The summed E-state index contributed by atoms with van der Waals surface area (Å²) in [6.07, 6.45) is 0. The average molecular weight is 350 g/mol. The lowest BCUT2D eigenvalue weighted by atomic mass is 9.74. The lowest BCUT2D eigenvalue weighted by molar-refractivity contribution is 0.161. The van der Waals surface area contributed by atoms with E-state index < -0.39 is 8.07 Å². The van der Waals surface area contributed by atoms with Crippen molar-refractivity contribution in [2.24, 2.45) is 0 Å². The molecule has 2 N–H and O–H groups in total. The van der Waals surface area contributed by atoms with Crippen molar-refractivity contribution in [3.63, 3.8) is 0 Å². The predicted octanol–water partition coefficient (Wildman–Crippen LogP) is 5.48. The van der Waals surface area contributed by atoms with Gasteiger partial charge in [0.25, 0.3) is 0 Å². The van der Waals surface area contributed by atoms with Gasteiger partial charge in [-0.3, -0.25) is 0 Å². The molecule has 0 aliphatic heterocycles. The summed E-state index contributed by atoms with van der Waals surface area (Å²) >= 11 is 0. The summed E-state index contributed by atoms with van der Waals surface area (Å²) < 4.78 is 0. The molecule has 24 heavy (non-hydrogen) atoms. The lowest BCUT2D eigenvalue weighted by Gasteiger charge is -2.41. The summed E-state index contributed by atoms with van der Waals surface area (Å²) in [6, 6.07) is 4.81. The molecule has 0 radical (unpaired) electrons. The normalized spacial score (nSPS) is 14.2. The summed E-state index contributed by atoms with van der Waals surface area (Å²) in [5.41, 5.74) is 6.68. The molecular weight excluding hydrogens is 310 g/mol. The third-order valence-corrected chi connectivity index (χ3v) is 11.2. The quantitative estimate of drug-likeness (QED) is 0.560. The first-order valence-corrected chi connectivity index (χ1v) is 12.1. The number of hydrogen-bond donors (Lipinski definition) is 2. The van der Waals surface area contributed by atoms with Gasteiger partial charge in [-0.2, -0.15) is 0 Å². The van der Waals surface area contributed by atoms with Crippen LogP contribution in [0.25, 0.3) is 0 Å². The van der Waals surface area contributed by atoms with Crippen LogP contribution in [0.4, 0.5) is 0 Å². The zero-order valence-electron chi connectivity index (χ0n) is 17.8. The van der Waals surface area contributed by atoms with Gasteiger partial charge in [0, 0.05) is 6.54 Å². The van der Waals surface area contributed by atoms with Crippen LogP contribution >= 0.6 is 0 Å². The summed E-state index contributed by atoms with van der Waals surface area (Å²) in [4.78, 5) is 0. The Hall–Kier alpha value is -0.643. The molecule has 0 aliphatic carbocycles. The molecule has 1 aromatic rings. The van der Waals surface area contributed by atoms with E-state index in [0.717, 1.165) is 0 Å². The highest BCUT2D eigenvalue weighted by molar-refractivity contribution is 6.92. The highest BCUT2D eigenvalue weighted by Gasteiger charge is 2.39. The van der Waals surface area contributed by atoms with E-state index in [0.29, 0.717) is 6.54 Å². The van der Waals surface area contributed by atoms with E-state index in [1.165, 1.54) is 21.9 Å². The molecule has 0 fully saturated rings. The molecule has 138 valence electrons. The molecule has 0 bridgehead atoms. The van der Waals surface area contributed by atoms with Crippen molar-refractivity contribution in [1.29, 1.82) is 0 Å². The molecular formula is C21H39NOSi. The molecule has 0 saturated carbocycles. The average Bonchev–Trinajstić information content (AvgIpc) is 2.34. The van der Waals surface area contributed by atoms with E-state index in [1.807, 2.05) is 0 Å². The maximum atomic E-state index is 9.40. The first-order chi connectivity index (χ1) is 10.5. The Morgan fingerprint density at radius 3 is 1.58 bits per heavy atom. The first kappa shape index (κ1) is 21.4. The van der Waals surface area contributed by atoms with Crippen LogP contribution in [-0.4, -0.2) is 13.3 Å². The Balaban J connectivity index is 3.84. The number of rotatable bonds is 3. The van der Waals surface area contributed by atoms with Crippen LogP contribution in [0.3, 0.4) is 0 Å². The highest BCUT2D eigenvalue weighted by atomic mass is 28.3. The number of benzene rings is 1. The largest absolute Gasteiger partial charge is 0.316 e. The van der Waals surface area contributed by atoms with Crippen molar-refractivity contribution in [2.45, 2.75) is 97.8 Å². The Morgan fingerprint density at radius 1 is 0.833 bits per heavy atom. The van der Waals surface area contributed by atoms with Crippen molar-refractivity contribution in [3.05, 3.63) is 28.8 Å². The standard InChI is InChI=1S/C21H39NOSi/c1-19(2,3)16-12-15(14-22-23)18(13-17(16)20(4,5)6)24(10,11)21(7,8)9/h12-13,22-23H,14H2,1-11H3. The smallest absolute Gasteiger partial charge is 0.0863 e. The Kier molecular flexibility index (Phi) is 5.87. The van der Waals surface area contributed by atoms with Crippen LogP contribution in [0, 0.1) is 0 Å². The van der Waals surface area contributed by atoms with Gasteiger partial charge < -0.3 is 5.21 Å². The van der Waals surface area contributed by atoms with E-state index in [9.17, 15) is 5.21 Å². The van der Waals surface area contributed by atoms with E-state index >= 15 is 0 Å². The van der Waals surface area contributed by atoms with Crippen LogP contribution in [0.2, 0.25) is 18.1 Å². The number of hydroxylamine groups is 1. The Bertz CT molecular complexity index is 584. The molecule has 0 atom stereocenters. The second kappa shape index (κ2) is 6.58. The fourth-order valence-electron chi connectivity index (χ4n) is 3.10. The Labute approximate surface area is 151 Å². The van der Waals surface area contributed by atoms with Crippen LogP contribution in [-0.2, 0) is 17.4 Å². The number of hydrogen-bond acceptors (Lipinski definition) is 2. The Morgan fingerprint density at radius 2 is 1.25 bits per heavy atom. The SMILES string of the molecule is CC(C)(C)c1cc(CNO)c([Si](C)(C)C(C)(C)C)cc1C(C)(C)C. The summed E-state index contributed by atoms with van der Waals surface area (Å²) in [5, 5.41) is 11.1. The lowest BCUT2D eigenvalue weighted by Crippen LogP contribution is -2.52. The molecule has 0 aromatic heterocycles. The fourth-order valence-corrected chi connectivity index (χ4v) is 5.38.